The minimum atomic E-state index is -0.526. The fraction of sp³-hybridized carbons (Fsp3) is 0.579. The van der Waals surface area contributed by atoms with E-state index in [1.165, 1.54) is 0 Å². The molecule has 5 rings (SSSR count). The van der Waals surface area contributed by atoms with Gasteiger partial charge in [-0.25, -0.2) is 0 Å². The van der Waals surface area contributed by atoms with E-state index in [9.17, 15) is 15.0 Å². The maximum Gasteiger partial charge on any atom is 0.196 e. The zero-order valence-electron chi connectivity index (χ0n) is 29.9. The molecule has 0 radical (unpaired) electrons. The van der Waals surface area contributed by atoms with Gasteiger partial charge in [0.25, 0.3) is 0 Å². The van der Waals surface area contributed by atoms with Gasteiger partial charge < -0.3 is 40.4 Å². The van der Waals surface area contributed by atoms with Gasteiger partial charge in [-0.3, -0.25) is 9.79 Å². The maximum atomic E-state index is 14.2. The fourth-order valence-electron chi connectivity index (χ4n) is 7.97. The third-order valence-corrected chi connectivity index (χ3v) is 12.8. The van der Waals surface area contributed by atoms with Crippen LogP contribution in [0.4, 0.5) is 5.69 Å². The van der Waals surface area contributed by atoms with Crippen molar-refractivity contribution in [2.45, 2.75) is 69.8 Å². The van der Waals surface area contributed by atoms with E-state index in [-0.39, 0.29) is 23.2 Å². The highest BCUT2D eigenvalue weighted by Crippen LogP contribution is 2.50. The van der Waals surface area contributed by atoms with E-state index in [2.05, 4.69) is 20.9 Å². The molecule has 0 saturated heterocycles. The molecule has 2 aromatic carbocycles. The first-order valence-corrected chi connectivity index (χ1v) is 20.2. The average molecular weight is 727 g/mol. The van der Waals surface area contributed by atoms with Crippen LogP contribution in [0, 0.1) is 17.3 Å². The lowest BCUT2D eigenvalue weighted by molar-refractivity contribution is -0.125. The van der Waals surface area contributed by atoms with Crippen LogP contribution >= 0.6 is 21.6 Å². The minimum Gasteiger partial charge on any atom is -0.504 e. The van der Waals surface area contributed by atoms with E-state index in [0.29, 0.717) is 60.7 Å². The van der Waals surface area contributed by atoms with Crippen molar-refractivity contribution in [1.82, 2.24) is 10.6 Å². The van der Waals surface area contributed by atoms with Crippen LogP contribution in [0.5, 0.6) is 23.0 Å². The number of likely N-dealkylation sites (N-methyl/N-ethyl adjacent to an activating group) is 1. The van der Waals surface area contributed by atoms with Gasteiger partial charge in [0.2, 0.25) is 0 Å². The molecule has 2 fully saturated rings. The van der Waals surface area contributed by atoms with Crippen LogP contribution in [-0.2, 0) is 22.4 Å². The van der Waals surface area contributed by atoms with Crippen molar-refractivity contribution in [2.75, 3.05) is 58.4 Å². The van der Waals surface area contributed by atoms with Gasteiger partial charge in [-0.2, -0.15) is 0 Å². The number of aliphatic imine (C=N–C) groups is 1. The largest absolute Gasteiger partial charge is 0.504 e. The molecular weight excluding hydrogens is 673 g/mol. The van der Waals surface area contributed by atoms with E-state index in [4.69, 9.17) is 14.2 Å². The number of carbonyl (C=O) groups is 1. The number of fused-ring (bicyclic) bond motifs is 3. The molecular formula is C38H54N4O6S2. The monoisotopic (exact) mass is 726 g/mol. The number of rotatable bonds is 10. The van der Waals surface area contributed by atoms with Crippen molar-refractivity contribution in [3.63, 3.8) is 0 Å². The van der Waals surface area contributed by atoms with Crippen LogP contribution in [0.1, 0.15) is 62.5 Å². The predicted octanol–water partition coefficient (Wildman–Crippen LogP) is 6.71. The third-order valence-electron chi connectivity index (χ3n) is 10.6. The molecule has 50 heavy (non-hydrogen) atoms. The van der Waals surface area contributed by atoms with Crippen LogP contribution in [0.15, 0.2) is 47.5 Å². The molecule has 0 aromatic heterocycles. The molecule has 4 unspecified atom stereocenters. The number of aromatic hydroxyl groups is 2. The van der Waals surface area contributed by atoms with Crippen LogP contribution in [-0.4, -0.2) is 80.7 Å². The lowest BCUT2D eigenvalue weighted by Gasteiger charge is -2.33. The summed E-state index contributed by atoms with van der Waals surface area (Å²) in [6.45, 7) is 1.40. The van der Waals surface area contributed by atoms with Crippen LogP contribution < -0.4 is 25.4 Å². The summed E-state index contributed by atoms with van der Waals surface area (Å²) in [5, 5.41) is 31.8. The number of hydrogen-bond donors (Lipinski definition) is 5. The summed E-state index contributed by atoms with van der Waals surface area (Å²) in [6.07, 6.45) is 12.3. The maximum absolute atomic E-state index is 14.2. The van der Waals surface area contributed by atoms with Gasteiger partial charge in [0.15, 0.2) is 34.7 Å². The Bertz CT molecular complexity index is 1520. The van der Waals surface area contributed by atoms with E-state index in [0.717, 1.165) is 68.4 Å². The molecule has 0 spiro atoms. The Morgan fingerprint density at radius 1 is 1.10 bits per heavy atom. The van der Waals surface area contributed by atoms with Gasteiger partial charge >= 0.3 is 0 Å². The highest BCUT2D eigenvalue weighted by Gasteiger charge is 2.47. The molecule has 2 aromatic rings. The number of carbonyl (C=O) groups excluding carboxylic acids is 1. The smallest absolute Gasteiger partial charge is 0.196 e. The van der Waals surface area contributed by atoms with Gasteiger partial charge in [-0.05, 0) is 118 Å². The summed E-state index contributed by atoms with van der Waals surface area (Å²) in [6, 6.07) is 9.30. The van der Waals surface area contributed by atoms with Gasteiger partial charge in [-0.15, -0.1) is 0 Å². The molecule has 0 amide bonds. The van der Waals surface area contributed by atoms with Crippen LogP contribution in [0.3, 0.4) is 0 Å². The molecule has 1 heterocycles. The first-order chi connectivity index (χ1) is 24.2. The third kappa shape index (κ3) is 9.23. The van der Waals surface area contributed by atoms with Crippen molar-refractivity contribution >= 4 is 39.0 Å². The average Bonchev–Trinajstić information content (AvgIpc) is 3.71. The number of allylic oxidation sites excluding steroid dienone is 2. The summed E-state index contributed by atoms with van der Waals surface area (Å²) >= 11 is 0. The van der Waals surface area contributed by atoms with Crippen molar-refractivity contribution in [3.8, 4) is 23.0 Å². The summed E-state index contributed by atoms with van der Waals surface area (Å²) in [7, 11) is 10.4. The first-order valence-electron chi connectivity index (χ1n) is 17.7. The fourth-order valence-corrected chi connectivity index (χ4v) is 10.2. The van der Waals surface area contributed by atoms with E-state index in [1.807, 2.05) is 37.4 Å². The normalized spacial score (nSPS) is 27.0. The van der Waals surface area contributed by atoms with Gasteiger partial charge in [0.1, 0.15) is 5.60 Å². The number of phenolic OH excluding ortho intramolecular Hbond substituents is 2. The second-order valence-corrected chi connectivity index (χ2v) is 16.4. The SMILES string of the molecule is CN=C1NCSSCC2CCCC2(Cc2ccc(O)c(OC)c2)C(=O)C=CCCc2cc(c(O)c(OC3(CNC)CCC(CCOC)C3)c2)N1. The number of benzene rings is 2. The highest BCUT2D eigenvalue weighted by molar-refractivity contribution is 8.76. The molecule has 5 N–H and O–H groups in total. The predicted molar refractivity (Wildman–Crippen MR) is 205 cm³/mol. The molecule has 2 saturated carbocycles. The summed E-state index contributed by atoms with van der Waals surface area (Å²) in [5.41, 5.74) is 1.53. The molecule has 4 atom stereocenters. The Kier molecular flexibility index (Phi) is 13.7. The minimum absolute atomic E-state index is 0.0545. The number of anilines is 1. The molecule has 12 heteroatoms. The number of guanidine groups is 1. The Balaban J connectivity index is 1.42. The van der Waals surface area contributed by atoms with E-state index < -0.39 is 11.0 Å². The van der Waals surface area contributed by atoms with Gasteiger partial charge in [0, 0.05) is 38.5 Å². The number of phenols is 2. The zero-order valence-corrected chi connectivity index (χ0v) is 31.5. The Morgan fingerprint density at radius 2 is 1.96 bits per heavy atom. The highest BCUT2D eigenvalue weighted by atomic mass is 33.1. The molecule has 2 aliphatic carbocycles. The number of ketones is 1. The lowest BCUT2D eigenvalue weighted by Crippen LogP contribution is -2.42. The molecule has 1 aliphatic heterocycles. The van der Waals surface area contributed by atoms with Crippen LogP contribution in [0.25, 0.3) is 0 Å². The number of methoxy groups -OCH3 is 2. The number of nitrogens with one attached hydrogen (secondary N) is 3. The van der Waals surface area contributed by atoms with E-state index >= 15 is 0 Å². The quantitative estimate of drug-likeness (QED) is 0.132. The Morgan fingerprint density at radius 3 is 2.74 bits per heavy atom. The second-order valence-electron chi connectivity index (χ2n) is 13.9. The van der Waals surface area contributed by atoms with Crippen molar-refractivity contribution in [3.05, 3.63) is 53.6 Å². The molecule has 274 valence electrons. The zero-order chi connectivity index (χ0) is 35.6. The Labute approximate surface area is 305 Å². The van der Waals surface area contributed by atoms with Crippen molar-refractivity contribution < 1.29 is 29.2 Å². The Hall–Kier alpha value is -3.06. The number of ether oxygens (including phenoxy) is 3. The van der Waals surface area contributed by atoms with Crippen LogP contribution in [0.2, 0.25) is 0 Å². The summed E-state index contributed by atoms with van der Waals surface area (Å²) in [5.74, 6) is 3.88. The second kappa shape index (κ2) is 17.9. The topological polar surface area (TPSA) is 134 Å². The standard InChI is InChI=1S/C38H54N4O6S2/c1-39-24-37(16-13-26(21-37)14-17-46-3)48-33-19-27-8-5-6-10-34(44)38(22-28-11-12-31(43)32(20-28)47-4)15-7-9-29(38)23-49-50-25-41-36(40-2)42-30(18-27)35(33)45/h6,10-12,18-20,26,29,39,43,45H,5,7-9,13-17,21-25H2,1-4H3,(H2,40,41,42). The number of nitrogens with zero attached hydrogens (tertiary/aromatic N) is 1. The molecule has 2 bridgehead atoms. The van der Waals surface area contributed by atoms with Gasteiger partial charge in [0.05, 0.1) is 18.7 Å². The first kappa shape index (κ1) is 38.2. The number of hydrogen-bond acceptors (Lipinski definition) is 10. The van der Waals surface area contributed by atoms with E-state index in [1.54, 1.807) is 55.0 Å². The summed E-state index contributed by atoms with van der Waals surface area (Å²) < 4.78 is 17.5. The van der Waals surface area contributed by atoms with Crippen molar-refractivity contribution in [2.24, 2.45) is 22.2 Å². The molecule has 3 aliphatic rings. The van der Waals surface area contributed by atoms with Gasteiger partial charge in [-0.1, -0.05) is 40.2 Å². The lowest BCUT2D eigenvalue weighted by atomic mass is 9.70. The summed E-state index contributed by atoms with van der Waals surface area (Å²) in [4.78, 5) is 18.7. The van der Waals surface area contributed by atoms with Crippen molar-refractivity contribution in [1.29, 1.82) is 0 Å². The molecule has 10 nitrogen and oxygen atoms in total. The number of aryl methyl sites for hydroxylation is 1.